The van der Waals surface area contributed by atoms with E-state index in [1.165, 1.54) is 0 Å². The summed E-state index contributed by atoms with van der Waals surface area (Å²) >= 11 is 0. The molecule has 1 atom stereocenters. The second-order valence-electron chi connectivity index (χ2n) is 6.79. The Morgan fingerprint density at radius 1 is 0.893 bits per heavy atom. The number of hydrogen-bond donors (Lipinski definition) is 1. The molecule has 0 aliphatic carbocycles. The number of ether oxygens (including phenoxy) is 1. The molecule has 0 aromatic heterocycles. The Morgan fingerprint density at radius 3 is 2.21 bits per heavy atom. The number of carbonyl (C=O) groups is 2. The first kappa shape index (κ1) is 19.4. The molecule has 0 fully saturated rings. The van der Waals surface area contributed by atoms with Gasteiger partial charge in [-0.15, -0.1) is 0 Å². The van der Waals surface area contributed by atoms with Crippen molar-refractivity contribution < 1.29 is 14.3 Å². The van der Waals surface area contributed by atoms with Crippen molar-refractivity contribution in [3.63, 3.8) is 0 Å². The molecule has 0 radical (unpaired) electrons. The molecule has 0 bridgehead atoms. The van der Waals surface area contributed by atoms with Crippen molar-refractivity contribution in [2.75, 3.05) is 5.32 Å². The number of hydrogen-bond acceptors (Lipinski definition) is 3. The average molecular weight is 373 g/mol. The predicted molar refractivity (Wildman–Crippen MR) is 111 cm³/mol. The molecule has 0 spiro atoms. The third kappa shape index (κ3) is 4.86. The zero-order valence-corrected chi connectivity index (χ0v) is 16.2. The van der Waals surface area contributed by atoms with E-state index in [0.29, 0.717) is 16.9 Å². The predicted octanol–water partition coefficient (Wildman–Crippen LogP) is 5.59. The Bertz CT molecular complexity index is 975. The van der Waals surface area contributed by atoms with Gasteiger partial charge in [-0.3, -0.25) is 9.59 Å². The summed E-state index contributed by atoms with van der Waals surface area (Å²) < 4.78 is 5.99. The Labute approximate surface area is 165 Å². The van der Waals surface area contributed by atoms with Crippen LogP contribution in [0.25, 0.3) is 0 Å². The van der Waals surface area contributed by atoms with Gasteiger partial charge in [-0.2, -0.15) is 0 Å². The van der Waals surface area contributed by atoms with E-state index in [4.69, 9.17) is 4.74 Å². The van der Waals surface area contributed by atoms with Gasteiger partial charge in [0.25, 0.3) is 5.91 Å². The van der Waals surface area contributed by atoms with Crippen molar-refractivity contribution in [2.24, 2.45) is 0 Å². The molecule has 1 amide bonds. The molecule has 1 unspecified atom stereocenters. The van der Waals surface area contributed by atoms with Crippen LogP contribution in [0.3, 0.4) is 0 Å². The average Bonchev–Trinajstić information content (AvgIpc) is 2.70. The summed E-state index contributed by atoms with van der Waals surface area (Å²) in [7, 11) is 0. The van der Waals surface area contributed by atoms with Gasteiger partial charge in [-0.1, -0.05) is 48.0 Å². The summed E-state index contributed by atoms with van der Waals surface area (Å²) in [5.41, 5.74) is 4.04. The van der Waals surface area contributed by atoms with Gasteiger partial charge in [0.05, 0.1) is 0 Å². The van der Waals surface area contributed by atoms with E-state index in [1.54, 1.807) is 37.3 Å². The molecule has 142 valence electrons. The van der Waals surface area contributed by atoms with Crippen LogP contribution in [-0.2, 0) is 0 Å². The van der Waals surface area contributed by atoms with Crippen molar-refractivity contribution >= 4 is 17.4 Å². The van der Waals surface area contributed by atoms with Crippen molar-refractivity contribution in [1.82, 2.24) is 0 Å². The summed E-state index contributed by atoms with van der Waals surface area (Å²) in [5.74, 6) is 0.458. The van der Waals surface area contributed by atoms with Gasteiger partial charge >= 0.3 is 0 Å². The Hall–Kier alpha value is -3.40. The van der Waals surface area contributed by atoms with Crippen LogP contribution in [0.15, 0.2) is 72.8 Å². The first-order valence-corrected chi connectivity index (χ1v) is 9.18. The second-order valence-corrected chi connectivity index (χ2v) is 6.79. The van der Waals surface area contributed by atoms with Crippen molar-refractivity contribution in [3.8, 4) is 5.75 Å². The molecule has 4 heteroatoms. The lowest BCUT2D eigenvalue weighted by Gasteiger charge is -2.16. The van der Waals surface area contributed by atoms with E-state index in [1.807, 2.05) is 56.3 Å². The molecular weight excluding hydrogens is 350 g/mol. The van der Waals surface area contributed by atoms with E-state index < -0.39 is 0 Å². The topological polar surface area (TPSA) is 55.4 Å². The third-order valence-corrected chi connectivity index (χ3v) is 4.51. The lowest BCUT2D eigenvalue weighted by molar-refractivity contribution is 0.101. The van der Waals surface area contributed by atoms with Crippen LogP contribution in [0.5, 0.6) is 5.75 Å². The lowest BCUT2D eigenvalue weighted by atomic mass is 10.1. The van der Waals surface area contributed by atoms with Gasteiger partial charge in [-0.05, 0) is 56.7 Å². The molecular formula is C24H23NO3. The fourth-order valence-corrected chi connectivity index (χ4v) is 2.81. The molecule has 0 aliphatic rings. The van der Waals surface area contributed by atoms with Crippen LogP contribution in [0.2, 0.25) is 0 Å². The third-order valence-electron chi connectivity index (χ3n) is 4.51. The van der Waals surface area contributed by atoms with E-state index in [9.17, 15) is 9.59 Å². The number of benzene rings is 3. The maximum atomic E-state index is 12.5. The fraction of sp³-hybridized carbons (Fsp3) is 0.167. The van der Waals surface area contributed by atoms with Gasteiger partial charge in [0, 0.05) is 16.8 Å². The van der Waals surface area contributed by atoms with Crippen LogP contribution in [0.4, 0.5) is 5.69 Å². The van der Waals surface area contributed by atoms with Crippen LogP contribution < -0.4 is 10.1 Å². The van der Waals surface area contributed by atoms with Crippen LogP contribution in [0.1, 0.15) is 51.8 Å². The number of nitrogens with one attached hydrogen (secondary N) is 1. The Morgan fingerprint density at radius 2 is 1.57 bits per heavy atom. The van der Waals surface area contributed by atoms with Crippen LogP contribution in [-0.4, -0.2) is 11.7 Å². The molecule has 3 aromatic carbocycles. The number of Topliss-reactive ketones (excluding diaryl/α,β-unsaturated/α-hetero) is 1. The van der Waals surface area contributed by atoms with Gasteiger partial charge in [-0.25, -0.2) is 0 Å². The largest absolute Gasteiger partial charge is 0.486 e. The smallest absolute Gasteiger partial charge is 0.255 e. The van der Waals surface area contributed by atoms with E-state index in [2.05, 4.69) is 5.32 Å². The standard InChI is InChI=1S/C24H23NO3/c1-16-7-13-22(14-8-16)25-24(27)21-5-4-6-23(15-21)28-18(3)20-11-9-19(10-12-20)17(2)26/h4-15,18H,1-3H3,(H,25,27). The SMILES string of the molecule is CC(=O)c1ccc(C(C)Oc2cccc(C(=O)Nc3ccc(C)cc3)c2)cc1. The highest BCUT2D eigenvalue weighted by Crippen LogP contribution is 2.23. The minimum absolute atomic E-state index is 0.0346. The number of anilines is 1. The number of ketones is 1. The highest BCUT2D eigenvalue weighted by molar-refractivity contribution is 6.04. The van der Waals surface area contributed by atoms with Crippen LogP contribution >= 0.6 is 0 Å². The van der Waals surface area contributed by atoms with Crippen molar-refractivity contribution in [1.29, 1.82) is 0 Å². The minimum Gasteiger partial charge on any atom is -0.486 e. The van der Waals surface area contributed by atoms with Gasteiger partial charge in [0.1, 0.15) is 11.9 Å². The van der Waals surface area contributed by atoms with Gasteiger partial charge in [0.15, 0.2) is 5.78 Å². The summed E-state index contributed by atoms with van der Waals surface area (Å²) in [6.07, 6.45) is -0.212. The highest BCUT2D eigenvalue weighted by atomic mass is 16.5. The number of aryl methyl sites for hydroxylation is 1. The molecule has 0 heterocycles. The second kappa shape index (κ2) is 8.53. The molecule has 0 saturated carbocycles. The zero-order valence-electron chi connectivity index (χ0n) is 16.2. The molecule has 0 aliphatic heterocycles. The Balaban J connectivity index is 1.69. The molecule has 4 nitrogen and oxygen atoms in total. The summed E-state index contributed by atoms with van der Waals surface area (Å²) in [6, 6.07) is 22.1. The van der Waals surface area contributed by atoms with E-state index in [-0.39, 0.29) is 17.8 Å². The zero-order chi connectivity index (χ0) is 20.1. The highest BCUT2D eigenvalue weighted by Gasteiger charge is 2.11. The summed E-state index contributed by atoms with van der Waals surface area (Å²) in [6.45, 7) is 5.48. The molecule has 3 rings (SSSR count). The molecule has 0 saturated heterocycles. The fourth-order valence-electron chi connectivity index (χ4n) is 2.81. The molecule has 1 N–H and O–H groups in total. The van der Waals surface area contributed by atoms with Gasteiger partial charge < -0.3 is 10.1 Å². The lowest BCUT2D eigenvalue weighted by Crippen LogP contribution is -2.12. The summed E-state index contributed by atoms with van der Waals surface area (Å²) in [4.78, 5) is 23.9. The minimum atomic E-state index is -0.212. The first-order valence-electron chi connectivity index (χ1n) is 9.18. The van der Waals surface area contributed by atoms with Crippen LogP contribution in [0, 0.1) is 6.92 Å². The number of amides is 1. The maximum absolute atomic E-state index is 12.5. The van der Waals surface area contributed by atoms with E-state index in [0.717, 1.165) is 16.8 Å². The summed E-state index contributed by atoms with van der Waals surface area (Å²) in [5, 5.41) is 2.89. The quantitative estimate of drug-likeness (QED) is 0.573. The first-order chi connectivity index (χ1) is 13.4. The van der Waals surface area contributed by atoms with Crippen molar-refractivity contribution in [2.45, 2.75) is 26.9 Å². The van der Waals surface area contributed by atoms with E-state index >= 15 is 0 Å². The van der Waals surface area contributed by atoms with Gasteiger partial charge in [0.2, 0.25) is 0 Å². The molecule has 28 heavy (non-hydrogen) atoms. The maximum Gasteiger partial charge on any atom is 0.255 e. The number of carbonyl (C=O) groups excluding carboxylic acids is 2. The normalized spacial score (nSPS) is 11.5. The monoisotopic (exact) mass is 373 g/mol. The Kier molecular flexibility index (Phi) is 5.90. The number of rotatable bonds is 6. The molecule has 3 aromatic rings. The van der Waals surface area contributed by atoms with Crippen molar-refractivity contribution in [3.05, 3.63) is 95.1 Å².